The first-order valence-corrected chi connectivity index (χ1v) is 5.50. The minimum atomic E-state index is -2.65. The molecule has 0 rings (SSSR count). The third-order valence-corrected chi connectivity index (χ3v) is 3.44. The van der Waals surface area contributed by atoms with Crippen LogP contribution in [0.25, 0.3) is 0 Å². The fourth-order valence-corrected chi connectivity index (χ4v) is 1.86. The van der Waals surface area contributed by atoms with E-state index >= 15 is 0 Å². The quantitative estimate of drug-likeness (QED) is 0.410. The Balaban J connectivity index is 0. The van der Waals surface area contributed by atoms with Crippen molar-refractivity contribution in [2.75, 3.05) is 5.75 Å². The number of hydrogen-bond acceptors (Lipinski definition) is 3. The summed E-state index contributed by atoms with van der Waals surface area (Å²) in [6, 6.07) is 0. The van der Waals surface area contributed by atoms with Crippen LogP contribution in [0.4, 0.5) is 0 Å². The van der Waals surface area contributed by atoms with Crippen molar-refractivity contribution in [1.82, 2.24) is 0 Å². The van der Waals surface area contributed by atoms with Crippen LogP contribution >= 0.6 is 19.8 Å². The van der Waals surface area contributed by atoms with E-state index in [2.05, 4.69) is 6.58 Å². The van der Waals surface area contributed by atoms with Gasteiger partial charge < -0.3 is 9.46 Å². The Labute approximate surface area is 95.0 Å². The van der Waals surface area contributed by atoms with Crippen LogP contribution in [-0.2, 0) is 4.57 Å². The second kappa shape index (κ2) is 7.90. The molecule has 0 aliphatic carbocycles. The number of thioether (sulfide) groups is 1. The van der Waals surface area contributed by atoms with Crippen LogP contribution in [0.2, 0.25) is 0 Å². The third kappa shape index (κ3) is 6.44. The minimum Gasteiger partial charge on any atom is -0.801 e. The van der Waals surface area contributed by atoms with Gasteiger partial charge in [0.1, 0.15) is 0 Å². The third-order valence-electron chi connectivity index (χ3n) is 1.17. The second-order valence-electron chi connectivity index (χ2n) is 1.94. The van der Waals surface area contributed by atoms with E-state index in [1.54, 1.807) is 6.92 Å². The van der Waals surface area contributed by atoms with Crippen LogP contribution in [0.1, 0.15) is 13.8 Å². The molecule has 2 unspecified atom stereocenters. The average Bonchev–Trinajstić information content (AvgIpc) is 1.87. The average molecular weight is 202 g/mol. The molecule has 0 aromatic heterocycles. The summed E-state index contributed by atoms with van der Waals surface area (Å²) in [5.74, 6) is 0.887. The predicted octanol–water partition coefficient (Wildman–Crippen LogP) is -1.52. The van der Waals surface area contributed by atoms with E-state index in [0.29, 0.717) is 0 Å². The summed E-state index contributed by atoms with van der Waals surface area (Å²) < 4.78 is 10.4. The first-order valence-electron chi connectivity index (χ1n) is 3.12. The predicted molar refractivity (Wildman–Crippen MR) is 45.7 cm³/mol. The Morgan fingerprint density at radius 3 is 2.55 bits per heavy atom. The standard InChI is InChI=1S/C6H13O2PS.Na/c1-4-10-6(3)5(2)9(7)8;/h5,9H,3-4H2,1-2H3,(H,7,8);/q;+1/p-1. The van der Waals surface area contributed by atoms with Crippen LogP contribution in [0.5, 0.6) is 0 Å². The largest absolute Gasteiger partial charge is 1.00 e. The summed E-state index contributed by atoms with van der Waals surface area (Å²) in [4.78, 5) is 11.2. The van der Waals surface area contributed by atoms with E-state index in [4.69, 9.17) is 0 Å². The SMILES string of the molecule is C=C(SCC)C(C)[PH](=O)[O-].[Na+]. The summed E-state index contributed by atoms with van der Waals surface area (Å²) in [7, 11) is -2.65. The summed E-state index contributed by atoms with van der Waals surface area (Å²) in [5.41, 5.74) is -0.352. The van der Waals surface area contributed by atoms with E-state index in [9.17, 15) is 9.46 Å². The van der Waals surface area contributed by atoms with Crippen molar-refractivity contribution in [3.63, 3.8) is 0 Å². The van der Waals surface area contributed by atoms with E-state index in [-0.39, 0.29) is 35.2 Å². The van der Waals surface area contributed by atoms with Gasteiger partial charge in [-0.15, -0.1) is 11.8 Å². The molecule has 2 nitrogen and oxygen atoms in total. The van der Waals surface area contributed by atoms with Gasteiger partial charge in [0.25, 0.3) is 0 Å². The topological polar surface area (TPSA) is 40.1 Å². The summed E-state index contributed by atoms with van der Waals surface area (Å²) >= 11 is 1.50. The van der Waals surface area contributed by atoms with Crippen molar-refractivity contribution < 1.29 is 39.0 Å². The molecule has 5 heteroatoms. The van der Waals surface area contributed by atoms with Gasteiger partial charge in [0.15, 0.2) is 0 Å². The maximum Gasteiger partial charge on any atom is 1.00 e. The van der Waals surface area contributed by atoms with Gasteiger partial charge in [0, 0.05) is 13.7 Å². The van der Waals surface area contributed by atoms with E-state index in [1.165, 1.54) is 11.8 Å². The molecular formula is C6H12NaO2PS. The van der Waals surface area contributed by atoms with Gasteiger partial charge in [-0.2, -0.15) is 0 Å². The monoisotopic (exact) mass is 202 g/mol. The molecule has 0 heterocycles. The fourth-order valence-electron chi connectivity index (χ4n) is 0.442. The van der Waals surface area contributed by atoms with Crippen molar-refractivity contribution in [2.45, 2.75) is 19.5 Å². The molecule has 0 aliphatic heterocycles. The maximum absolute atomic E-state index is 10.4. The molecule has 0 aromatic carbocycles. The van der Waals surface area contributed by atoms with Crippen molar-refractivity contribution in [1.29, 1.82) is 0 Å². The molecule has 0 aliphatic rings. The molecule has 0 saturated carbocycles. The maximum atomic E-state index is 10.4. The van der Waals surface area contributed by atoms with Crippen molar-refractivity contribution >= 4 is 19.8 Å². The molecule has 0 fully saturated rings. The van der Waals surface area contributed by atoms with Gasteiger partial charge in [-0.3, -0.25) is 0 Å². The molecule has 0 spiro atoms. The van der Waals surface area contributed by atoms with Crippen LogP contribution in [0, 0.1) is 0 Å². The zero-order chi connectivity index (χ0) is 8.15. The first-order chi connectivity index (χ1) is 4.59. The second-order valence-corrected chi connectivity index (χ2v) is 4.83. The van der Waals surface area contributed by atoms with Crippen molar-refractivity contribution in [2.24, 2.45) is 0 Å². The molecular weight excluding hydrogens is 190 g/mol. The Kier molecular flexibility index (Phi) is 10.6. The van der Waals surface area contributed by atoms with Gasteiger partial charge in [-0.1, -0.05) is 20.4 Å². The van der Waals surface area contributed by atoms with E-state index in [1.807, 2.05) is 6.92 Å². The van der Waals surface area contributed by atoms with Crippen LogP contribution in [-0.4, -0.2) is 11.4 Å². The number of rotatable bonds is 4. The number of allylic oxidation sites excluding steroid dienone is 1. The van der Waals surface area contributed by atoms with Gasteiger partial charge >= 0.3 is 29.6 Å². The Bertz CT molecular complexity index is 152. The zero-order valence-corrected chi connectivity index (χ0v) is 11.0. The molecule has 2 atom stereocenters. The first kappa shape index (κ1) is 14.8. The minimum absolute atomic E-state index is 0. The molecule has 0 aromatic rings. The van der Waals surface area contributed by atoms with Crippen molar-refractivity contribution in [3.05, 3.63) is 11.5 Å². The zero-order valence-electron chi connectivity index (χ0n) is 7.22. The van der Waals surface area contributed by atoms with Gasteiger partial charge in [0.2, 0.25) is 0 Å². The molecule has 0 saturated heterocycles. The van der Waals surface area contributed by atoms with Crippen LogP contribution in [0.3, 0.4) is 0 Å². The normalized spacial score (nSPS) is 14.8. The molecule has 0 radical (unpaired) electrons. The number of hydrogen-bond donors (Lipinski definition) is 0. The molecule has 11 heavy (non-hydrogen) atoms. The van der Waals surface area contributed by atoms with Crippen LogP contribution < -0.4 is 34.5 Å². The summed E-state index contributed by atoms with van der Waals surface area (Å²) in [5, 5.41) is 0. The molecule has 0 bridgehead atoms. The molecule has 60 valence electrons. The molecule has 0 amide bonds. The van der Waals surface area contributed by atoms with Crippen LogP contribution in [0.15, 0.2) is 11.5 Å². The van der Waals surface area contributed by atoms with Gasteiger partial charge in [-0.25, -0.2) is 0 Å². The Morgan fingerprint density at radius 2 is 2.27 bits per heavy atom. The van der Waals surface area contributed by atoms with Crippen molar-refractivity contribution in [3.8, 4) is 0 Å². The van der Waals surface area contributed by atoms with E-state index < -0.39 is 8.03 Å². The Morgan fingerprint density at radius 1 is 1.82 bits per heavy atom. The van der Waals surface area contributed by atoms with Gasteiger partial charge in [0.05, 0.1) is 0 Å². The molecule has 0 N–H and O–H groups in total. The van der Waals surface area contributed by atoms with E-state index in [0.717, 1.165) is 10.7 Å². The van der Waals surface area contributed by atoms with Gasteiger partial charge in [-0.05, 0) is 10.7 Å². The summed E-state index contributed by atoms with van der Waals surface area (Å²) in [6.45, 7) is 7.30. The summed E-state index contributed by atoms with van der Waals surface area (Å²) in [6.07, 6.45) is 0. The smallest absolute Gasteiger partial charge is 0.801 e. The fraction of sp³-hybridized carbons (Fsp3) is 0.667. The Hall–Kier alpha value is 1.28.